The van der Waals surface area contributed by atoms with E-state index in [1.54, 1.807) is 38.5 Å². The number of rotatable bonds is 3. The SMILES string of the molecule is CC=C(C)C(=O)OC1CC(C)C2(CC(c3ccoc3)OC2=O)C2(O)CCC3OC3(C)C12C. The summed E-state index contributed by atoms with van der Waals surface area (Å²) in [6.07, 6.45) is 5.60. The Hall–Kier alpha value is -2.12. The highest BCUT2D eigenvalue weighted by molar-refractivity contribution is 5.88. The molecule has 4 aliphatic rings. The number of ether oxygens (including phenoxy) is 3. The monoisotopic (exact) mass is 444 g/mol. The molecular weight excluding hydrogens is 412 g/mol. The van der Waals surface area contributed by atoms with Crippen molar-refractivity contribution in [3.8, 4) is 0 Å². The Kier molecular flexibility index (Phi) is 4.55. The van der Waals surface area contributed by atoms with Gasteiger partial charge in [0.25, 0.3) is 0 Å². The van der Waals surface area contributed by atoms with Gasteiger partial charge in [-0.25, -0.2) is 4.79 Å². The van der Waals surface area contributed by atoms with Crippen molar-refractivity contribution >= 4 is 11.9 Å². The molecule has 32 heavy (non-hydrogen) atoms. The van der Waals surface area contributed by atoms with Crippen LogP contribution in [0.5, 0.6) is 0 Å². The van der Waals surface area contributed by atoms with Gasteiger partial charge in [-0.15, -0.1) is 0 Å². The van der Waals surface area contributed by atoms with E-state index in [2.05, 4.69) is 0 Å². The number of furan rings is 1. The Morgan fingerprint density at radius 1 is 1.34 bits per heavy atom. The van der Waals surface area contributed by atoms with Gasteiger partial charge in [0.05, 0.1) is 29.6 Å². The molecule has 4 fully saturated rings. The van der Waals surface area contributed by atoms with Gasteiger partial charge in [0, 0.05) is 17.6 Å². The maximum Gasteiger partial charge on any atom is 0.333 e. The molecule has 0 aromatic carbocycles. The molecule has 5 rings (SSSR count). The maximum absolute atomic E-state index is 13.6. The molecule has 8 atom stereocenters. The molecule has 7 heteroatoms. The van der Waals surface area contributed by atoms with Crippen LogP contribution in [0, 0.1) is 16.7 Å². The summed E-state index contributed by atoms with van der Waals surface area (Å²) in [5.74, 6) is -1.05. The van der Waals surface area contributed by atoms with E-state index in [0.717, 1.165) is 5.56 Å². The third-order valence-electron chi connectivity index (χ3n) is 9.43. The van der Waals surface area contributed by atoms with E-state index < -0.39 is 40.2 Å². The topological polar surface area (TPSA) is 98.5 Å². The zero-order valence-corrected chi connectivity index (χ0v) is 19.3. The summed E-state index contributed by atoms with van der Waals surface area (Å²) < 4.78 is 23.3. The van der Waals surface area contributed by atoms with Gasteiger partial charge in [-0.2, -0.15) is 0 Å². The molecular formula is C25H32O7. The quantitative estimate of drug-likeness (QED) is 0.429. The van der Waals surface area contributed by atoms with Gasteiger partial charge in [0.15, 0.2) is 0 Å². The first-order valence-electron chi connectivity index (χ1n) is 11.5. The van der Waals surface area contributed by atoms with Crippen molar-refractivity contribution in [1.29, 1.82) is 0 Å². The van der Waals surface area contributed by atoms with E-state index in [1.807, 2.05) is 20.8 Å². The molecule has 174 valence electrons. The molecule has 2 saturated heterocycles. The summed E-state index contributed by atoms with van der Waals surface area (Å²) >= 11 is 0. The van der Waals surface area contributed by atoms with E-state index in [-0.39, 0.29) is 18.0 Å². The standard InChI is InChI=1S/C25H32O7/c1-6-14(2)20(26)31-19-11-15(3)24(12-17(30-21(24)27)16-8-10-29-13-16)25(28)9-7-18-23(5,32-18)22(19,25)4/h6,8,10,13,15,17-19,28H,7,9,11-12H2,1-5H3. The lowest BCUT2D eigenvalue weighted by molar-refractivity contribution is -0.275. The Morgan fingerprint density at radius 2 is 2.09 bits per heavy atom. The van der Waals surface area contributed by atoms with Gasteiger partial charge in [-0.3, -0.25) is 4.79 Å². The third kappa shape index (κ3) is 2.39. The lowest BCUT2D eigenvalue weighted by atomic mass is 9.40. The highest BCUT2D eigenvalue weighted by atomic mass is 16.6. The van der Waals surface area contributed by atoms with Crippen LogP contribution in [0.1, 0.15) is 72.0 Å². The van der Waals surface area contributed by atoms with E-state index in [1.165, 1.54) is 0 Å². The Bertz CT molecular complexity index is 982. The number of fused-ring (bicyclic) bond motifs is 4. The minimum absolute atomic E-state index is 0.0238. The molecule has 1 aromatic heterocycles. The molecule has 2 saturated carbocycles. The molecule has 1 aromatic rings. The Morgan fingerprint density at radius 3 is 2.75 bits per heavy atom. The lowest BCUT2D eigenvalue weighted by Gasteiger charge is -2.64. The van der Waals surface area contributed by atoms with Crippen LogP contribution in [0.3, 0.4) is 0 Å². The third-order valence-corrected chi connectivity index (χ3v) is 9.43. The second kappa shape index (κ2) is 6.70. The largest absolute Gasteiger partial charge is 0.472 e. The van der Waals surface area contributed by atoms with Gasteiger partial charge in [0.2, 0.25) is 0 Å². The van der Waals surface area contributed by atoms with Crippen molar-refractivity contribution in [2.24, 2.45) is 16.7 Å². The number of allylic oxidation sites excluding steroid dienone is 1. The van der Waals surface area contributed by atoms with Gasteiger partial charge in [-0.05, 0) is 52.0 Å². The van der Waals surface area contributed by atoms with Gasteiger partial charge in [0.1, 0.15) is 23.2 Å². The van der Waals surface area contributed by atoms with Crippen LogP contribution in [0.25, 0.3) is 0 Å². The van der Waals surface area contributed by atoms with Crippen molar-refractivity contribution in [3.63, 3.8) is 0 Å². The van der Waals surface area contributed by atoms with Crippen molar-refractivity contribution < 1.29 is 33.3 Å². The van der Waals surface area contributed by atoms with Gasteiger partial charge < -0.3 is 23.7 Å². The average molecular weight is 445 g/mol. The second-order valence-electron chi connectivity index (χ2n) is 10.4. The Balaban J connectivity index is 1.61. The van der Waals surface area contributed by atoms with Crippen LogP contribution in [-0.2, 0) is 23.8 Å². The predicted molar refractivity (Wildman–Crippen MR) is 113 cm³/mol. The minimum atomic E-state index is -1.45. The average Bonchev–Trinajstić information content (AvgIpc) is 3.11. The van der Waals surface area contributed by atoms with Crippen LogP contribution in [0.2, 0.25) is 0 Å². The molecule has 1 spiro atoms. The summed E-state index contributed by atoms with van der Waals surface area (Å²) in [4.78, 5) is 26.4. The van der Waals surface area contributed by atoms with E-state index in [0.29, 0.717) is 31.3 Å². The second-order valence-corrected chi connectivity index (χ2v) is 10.4. The molecule has 2 aliphatic carbocycles. The number of carbonyl (C=O) groups is 2. The fraction of sp³-hybridized carbons (Fsp3) is 0.680. The maximum atomic E-state index is 13.6. The number of hydrogen-bond acceptors (Lipinski definition) is 7. The molecule has 0 amide bonds. The van der Waals surface area contributed by atoms with Gasteiger partial charge in [-0.1, -0.05) is 19.9 Å². The van der Waals surface area contributed by atoms with Crippen LogP contribution in [-0.4, -0.2) is 40.5 Å². The summed E-state index contributed by atoms with van der Waals surface area (Å²) in [7, 11) is 0. The number of cyclic esters (lactones) is 1. The molecule has 0 radical (unpaired) electrons. The summed E-state index contributed by atoms with van der Waals surface area (Å²) in [5, 5.41) is 12.6. The minimum Gasteiger partial charge on any atom is -0.472 e. The van der Waals surface area contributed by atoms with Crippen molar-refractivity contribution in [3.05, 3.63) is 35.8 Å². The molecule has 0 bridgehead atoms. The number of carbonyl (C=O) groups excluding carboxylic acids is 2. The molecule has 7 nitrogen and oxygen atoms in total. The Labute approximate surface area is 188 Å². The first-order valence-corrected chi connectivity index (χ1v) is 11.5. The van der Waals surface area contributed by atoms with E-state index in [9.17, 15) is 14.7 Å². The molecule has 1 N–H and O–H groups in total. The normalized spacial score (nSPS) is 47.6. The smallest absolute Gasteiger partial charge is 0.333 e. The van der Waals surface area contributed by atoms with E-state index in [4.69, 9.17) is 18.6 Å². The molecule has 8 unspecified atom stereocenters. The number of esters is 2. The predicted octanol–water partition coefficient (Wildman–Crippen LogP) is 3.86. The first kappa shape index (κ1) is 21.7. The fourth-order valence-corrected chi connectivity index (χ4v) is 7.04. The van der Waals surface area contributed by atoms with E-state index >= 15 is 0 Å². The fourth-order valence-electron chi connectivity index (χ4n) is 7.04. The number of epoxide rings is 1. The molecule has 2 aliphatic heterocycles. The van der Waals surface area contributed by atoms with Crippen molar-refractivity contribution in [2.45, 2.75) is 89.8 Å². The highest BCUT2D eigenvalue weighted by Gasteiger charge is 2.85. The molecule has 3 heterocycles. The van der Waals surface area contributed by atoms with Crippen LogP contribution in [0.15, 0.2) is 34.7 Å². The summed E-state index contributed by atoms with van der Waals surface area (Å²) in [5.41, 5.74) is -2.93. The highest BCUT2D eigenvalue weighted by Crippen LogP contribution is 2.74. The zero-order valence-electron chi connectivity index (χ0n) is 19.3. The first-order chi connectivity index (χ1) is 15.0. The number of aliphatic hydroxyl groups is 1. The summed E-state index contributed by atoms with van der Waals surface area (Å²) in [6, 6.07) is 1.79. The number of hydrogen-bond donors (Lipinski definition) is 1. The zero-order chi connectivity index (χ0) is 23.1. The van der Waals surface area contributed by atoms with Crippen LogP contribution in [0.4, 0.5) is 0 Å². The van der Waals surface area contributed by atoms with Crippen LogP contribution >= 0.6 is 0 Å². The van der Waals surface area contributed by atoms with Gasteiger partial charge >= 0.3 is 11.9 Å². The van der Waals surface area contributed by atoms with Crippen molar-refractivity contribution in [1.82, 2.24) is 0 Å². The van der Waals surface area contributed by atoms with Crippen molar-refractivity contribution in [2.75, 3.05) is 0 Å². The van der Waals surface area contributed by atoms with Crippen LogP contribution < -0.4 is 0 Å². The summed E-state index contributed by atoms with van der Waals surface area (Å²) in [6.45, 7) is 9.37. The lowest BCUT2D eigenvalue weighted by Crippen LogP contribution is -2.76.